The summed E-state index contributed by atoms with van der Waals surface area (Å²) in [6, 6.07) is 3.94. The Bertz CT molecular complexity index is 469. The Hall–Kier alpha value is -0.870. The predicted octanol–water partition coefficient (Wildman–Crippen LogP) is 4.02. The average Bonchev–Trinajstić information content (AvgIpc) is 2.31. The smallest absolute Gasteiger partial charge is 0.228 e. The fourth-order valence-electron chi connectivity index (χ4n) is 2.28. The summed E-state index contributed by atoms with van der Waals surface area (Å²) in [5.41, 5.74) is 8.90. The van der Waals surface area contributed by atoms with Gasteiger partial charge in [0.1, 0.15) is 0 Å². The van der Waals surface area contributed by atoms with Crippen molar-refractivity contribution in [3.8, 4) is 0 Å². The summed E-state index contributed by atoms with van der Waals surface area (Å²) in [7, 11) is 0. The molecule has 0 saturated heterocycles. The number of hydrogen-bond acceptors (Lipinski definition) is 2. The van der Waals surface area contributed by atoms with Crippen LogP contribution < -0.4 is 11.1 Å². The molecule has 0 fully saturated rings. The molecular formula is C16H25BrN2O. The van der Waals surface area contributed by atoms with Gasteiger partial charge in [-0.25, -0.2) is 0 Å². The number of nitrogens with one attached hydrogen (secondary N) is 1. The van der Waals surface area contributed by atoms with Crippen molar-refractivity contribution in [3.05, 3.63) is 27.7 Å². The Morgan fingerprint density at radius 3 is 2.20 bits per heavy atom. The van der Waals surface area contributed by atoms with Crippen LogP contribution in [0.2, 0.25) is 0 Å². The van der Waals surface area contributed by atoms with Crippen LogP contribution in [0.5, 0.6) is 0 Å². The summed E-state index contributed by atoms with van der Waals surface area (Å²) in [5.74, 6) is -0.150. The number of amides is 1. The van der Waals surface area contributed by atoms with E-state index in [4.69, 9.17) is 5.73 Å². The van der Waals surface area contributed by atoms with Crippen molar-refractivity contribution in [1.29, 1.82) is 0 Å². The van der Waals surface area contributed by atoms with Crippen molar-refractivity contribution in [2.24, 2.45) is 17.1 Å². The zero-order valence-electron chi connectivity index (χ0n) is 13.0. The normalized spacial score (nSPS) is 13.2. The number of halogens is 1. The number of anilines is 1. The molecule has 1 rings (SSSR count). The zero-order chi connectivity index (χ0) is 15.5. The van der Waals surface area contributed by atoms with E-state index in [9.17, 15) is 4.79 Å². The van der Waals surface area contributed by atoms with E-state index in [1.54, 1.807) is 0 Å². The molecule has 0 aliphatic rings. The molecule has 1 atom stereocenters. The molecule has 1 aromatic rings. The van der Waals surface area contributed by atoms with Crippen LogP contribution in [-0.2, 0) is 4.79 Å². The van der Waals surface area contributed by atoms with Gasteiger partial charge in [0.05, 0.1) is 5.92 Å². The van der Waals surface area contributed by atoms with Crippen molar-refractivity contribution in [1.82, 2.24) is 0 Å². The minimum atomic E-state index is -0.153. The molecule has 4 heteroatoms. The number of carbonyl (C=O) groups is 1. The summed E-state index contributed by atoms with van der Waals surface area (Å²) in [5, 5.41) is 2.98. The Labute approximate surface area is 130 Å². The summed E-state index contributed by atoms with van der Waals surface area (Å²) < 4.78 is 1.08. The first-order valence-corrected chi connectivity index (χ1v) is 7.71. The van der Waals surface area contributed by atoms with Gasteiger partial charge in [0.15, 0.2) is 0 Å². The van der Waals surface area contributed by atoms with E-state index in [2.05, 4.69) is 42.0 Å². The topological polar surface area (TPSA) is 55.1 Å². The summed E-state index contributed by atoms with van der Waals surface area (Å²) in [4.78, 5) is 12.3. The minimum Gasteiger partial charge on any atom is -0.330 e. The Kier molecular flexibility index (Phi) is 5.78. The Balaban J connectivity index is 2.84. The van der Waals surface area contributed by atoms with Gasteiger partial charge in [0.2, 0.25) is 5.91 Å². The first-order valence-electron chi connectivity index (χ1n) is 6.91. The maximum absolute atomic E-state index is 12.3. The van der Waals surface area contributed by atoms with Crippen LogP contribution in [0.3, 0.4) is 0 Å². The second-order valence-corrected chi connectivity index (χ2v) is 7.40. The molecule has 1 amide bonds. The minimum absolute atomic E-state index is 0.00328. The van der Waals surface area contributed by atoms with E-state index in [0.717, 1.165) is 27.7 Å². The van der Waals surface area contributed by atoms with Crippen LogP contribution >= 0.6 is 15.9 Å². The highest BCUT2D eigenvalue weighted by Crippen LogP contribution is 2.27. The van der Waals surface area contributed by atoms with Crippen LogP contribution in [-0.4, -0.2) is 12.5 Å². The number of aryl methyl sites for hydroxylation is 2. The molecule has 20 heavy (non-hydrogen) atoms. The fourth-order valence-corrected chi connectivity index (χ4v) is 2.51. The van der Waals surface area contributed by atoms with Crippen molar-refractivity contribution in [3.63, 3.8) is 0 Å². The molecule has 0 aliphatic heterocycles. The number of carbonyl (C=O) groups excluding carboxylic acids is 1. The molecule has 0 saturated carbocycles. The van der Waals surface area contributed by atoms with Gasteiger partial charge in [-0.05, 0) is 48.9 Å². The Morgan fingerprint density at radius 1 is 1.30 bits per heavy atom. The van der Waals surface area contributed by atoms with Crippen LogP contribution in [0, 0.1) is 25.2 Å². The summed E-state index contributed by atoms with van der Waals surface area (Å²) in [6.07, 6.45) is 0.782. The van der Waals surface area contributed by atoms with E-state index < -0.39 is 0 Å². The molecule has 3 nitrogen and oxygen atoms in total. The maximum atomic E-state index is 12.3. The third-order valence-corrected chi connectivity index (χ3v) is 4.47. The highest BCUT2D eigenvalue weighted by atomic mass is 79.9. The van der Waals surface area contributed by atoms with E-state index >= 15 is 0 Å². The van der Waals surface area contributed by atoms with Gasteiger partial charge in [0.25, 0.3) is 0 Å². The van der Waals surface area contributed by atoms with Crippen molar-refractivity contribution in [2.45, 2.75) is 41.0 Å². The second kappa shape index (κ2) is 6.72. The fraction of sp³-hybridized carbons (Fsp3) is 0.562. The monoisotopic (exact) mass is 340 g/mol. The summed E-state index contributed by atoms with van der Waals surface area (Å²) in [6.45, 7) is 10.8. The molecule has 112 valence electrons. The standard InChI is InChI=1S/C16H25BrN2O/c1-10-6-13(7-11(2)14(10)17)19-15(20)12(9-18)8-16(3,4)5/h6-7,12H,8-9,18H2,1-5H3,(H,19,20). The van der Waals surface area contributed by atoms with Crippen LogP contribution in [0.4, 0.5) is 5.69 Å². The molecule has 0 spiro atoms. The number of benzene rings is 1. The first kappa shape index (κ1) is 17.2. The lowest BCUT2D eigenvalue weighted by Gasteiger charge is -2.24. The number of rotatable bonds is 4. The van der Waals surface area contributed by atoms with Crippen molar-refractivity contribution >= 4 is 27.5 Å². The van der Waals surface area contributed by atoms with E-state index in [1.165, 1.54) is 0 Å². The van der Waals surface area contributed by atoms with Gasteiger partial charge in [-0.3, -0.25) is 4.79 Å². The summed E-state index contributed by atoms with van der Waals surface area (Å²) >= 11 is 3.53. The lowest BCUT2D eigenvalue weighted by molar-refractivity contribution is -0.120. The quantitative estimate of drug-likeness (QED) is 0.869. The third-order valence-electron chi connectivity index (χ3n) is 3.22. The number of nitrogens with two attached hydrogens (primary N) is 1. The lowest BCUT2D eigenvalue weighted by Crippen LogP contribution is -2.32. The molecule has 1 unspecified atom stereocenters. The van der Waals surface area contributed by atoms with Gasteiger partial charge in [0, 0.05) is 16.7 Å². The second-order valence-electron chi connectivity index (χ2n) is 6.61. The molecule has 0 aromatic heterocycles. The SMILES string of the molecule is Cc1cc(NC(=O)C(CN)CC(C)(C)C)cc(C)c1Br. The highest BCUT2D eigenvalue weighted by Gasteiger charge is 2.23. The molecule has 0 bridgehead atoms. The van der Waals surface area contributed by atoms with Gasteiger partial charge in [-0.2, -0.15) is 0 Å². The predicted molar refractivity (Wildman–Crippen MR) is 88.9 cm³/mol. The van der Waals surface area contributed by atoms with Crippen LogP contribution in [0.25, 0.3) is 0 Å². The molecular weight excluding hydrogens is 316 g/mol. The van der Waals surface area contributed by atoms with Gasteiger partial charge in [-0.1, -0.05) is 36.7 Å². The molecule has 1 aromatic carbocycles. The van der Waals surface area contributed by atoms with Gasteiger partial charge < -0.3 is 11.1 Å². The van der Waals surface area contributed by atoms with E-state index in [0.29, 0.717) is 6.54 Å². The van der Waals surface area contributed by atoms with Gasteiger partial charge in [-0.15, -0.1) is 0 Å². The first-order chi connectivity index (χ1) is 9.14. The molecule has 3 N–H and O–H groups in total. The van der Waals surface area contributed by atoms with E-state index in [-0.39, 0.29) is 17.2 Å². The average molecular weight is 341 g/mol. The largest absolute Gasteiger partial charge is 0.330 e. The van der Waals surface area contributed by atoms with Crippen LogP contribution in [0.15, 0.2) is 16.6 Å². The maximum Gasteiger partial charge on any atom is 0.228 e. The Morgan fingerprint density at radius 2 is 1.80 bits per heavy atom. The molecule has 0 radical (unpaired) electrons. The van der Waals surface area contributed by atoms with Crippen LogP contribution in [0.1, 0.15) is 38.3 Å². The number of hydrogen-bond donors (Lipinski definition) is 2. The highest BCUT2D eigenvalue weighted by molar-refractivity contribution is 9.10. The van der Waals surface area contributed by atoms with E-state index in [1.807, 2.05) is 26.0 Å². The molecule has 0 aliphatic carbocycles. The van der Waals surface area contributed by atoms with Crippen molar-refractivity contribution < 1.29 is 4.79 Å². The van der Waals surface area contributed by atoms with Crippen molar-refractivity contribution in [2.75, 3.05) is 11.9 Å². The third kappa shape index (κ3) is 4.91. The zero-order valence-corrected chi connectivity index (χ0v) is 14.6. The van der Waals surface area contributed by atoms with Gasteiger partial charge >= 0.3 is 0 Å². The molecule has 0 heterocycles. The lowest BCUT2D eigenvalue weighted by atomic mass is 9.84.